The molecule has 0 saturated carbocycles. The second-order valence-corrected chi connectivity index (χ2v) is 9.35. The van der Waals surface area contributed by atoms with Gasteiger partial charge in [-0.15, -0.1) is 11.3 Å². The number of aromatic nitrogens is 2. The van der Waals surface area contributed by atoms with Crippen LogP contribution in [0, 0.1) is 13.8 Å². The van der Waals surface area contributed by atoms with Gasteiger partial charge in [0.25, 0.3) is 0 Å². The number of piperazine rings is 2. The van der Waals surface area contributed by atoms with Crippen LogP contribution in [0.25, 0.3) is 0 Å². The van der Waals surface area contributed by atoms with E-state index < -0.39 is 0 Å². The molecule has 2 aromatic rings. The Kier molecular flexibility index (Phi) is 6.53. The first-order valence-electron chi connectivity index (χ1n) is 10.8. The van der Waals surface area contributed by atoms with Crippen LogP contribution in [-0.2, 0) is 11.2 Å². The van der Waals surface area contributed by atoms with E-state index in [-0.39, 0.29) is 5.91 Å². The highest BCUT2D eigenvalue weighted by Crippen LogP contribution is 2.21. The third kappa shape index (κ3) is 4.92. The van der Waals surface area contributed by atoms with Gasteiger partial charge in [0.15, 0.2) is 0 Å². The van der Waals surface area contributed by atoms with Gasteiger partial charge in [0.1, 0.15) is 5.82 Å². The predicted molar refractivity (Wildman–Crippen MR) is 123 cm³/mol. The number of amides is 1. The summed E-state index contributed by atoms with van der Waals surface area (Å²) >= 11 is 1.75. The molecule has 0 atom stereocenters. The number of hydrogen-bond donors (Lipinski definition) is 0. The molecule has 0 bridgehead atoms. The molecule has 0 spiro atoms. The summed E-state index contributed by atoms with van der Waals surface area (Å²) < 4.78 is 0. The Labute approximate surface area is 183 Å². The number of rotatable bonds is 5. The average molecular weight is 429 g/mol. The number of hydrogen-bond acceptors (Lipinski definition) is 7. The second kappa shape index (κ2) is 9.31. The second-order valence-electron chi connectivity index (χ2n) is 8.35. The summed E-state index contributed by atoms with van der Waals surface area (Å²) in [6.45, 7) is 11.3. The van der Waals surface area contributed by atoms with Crippen molar-refractivity contribution in [3.8, 4) is 0 Å². The van der Waals surface area contributed by atoms with Gasteiger partial charge in [-0.3, -0.25) is 4.79 Å². The van der Waals surface area contributed by atoms with Crippen molar-refractivity contribution in [2.45, 2.75) is 26.7 Å². The van der Waals surface area contributed by atoms with E-state index in [2.05, 4.69) is 46.2 Å². The van der Waals surface area contributed by atoms with Gasteiger partial charge in [-0.05, 0) is 44.3 Å². The zero-order valence-electron chi connectivity index (χ0n) is 18.3. The van der Waals surface area contributed by atoms with Crippen LogP contribution in [-0.4, -0.2) is 85.1 Å². The van der Waals surface area contributed by atoms with Gasteiger partial charge >= 0.3 is 0 Å². The van der Waals surface area contributed by atoms with Crippen LogP contribution >= 0.6 is 11.3 Å². The monoisotopic (exact) mass is 428 g/mol. The molecular weight excluding hydrogens is 396 g/mol. The summed E-state index contributed by atoms with van der Waals surface area (Å²) in [5.41, 5.74) is 2.30. The SMILES string of the molecule is Cc1cc(N2CCN(C)CC2)nc(N2CCN(C(=O)CCc3sccc3C)CC2)n1. The van der Waals surface area contributed by atoms with E-state index in [0.717, 1.165) is 76.2 Å². The molecule has 7 nitrogen and oxygen atoms in total. The largest absolute Gasteiger partial charge is 0.354 e. The molecule has 4 heterocycles. The van der Waals surface area contributed by atoms with Gasteiger partial charge in [0, 0.05) is 75.4 Å². The quantitative estimate of drug-likeness (QED) is 0.728. The third-order valence-electron chi connectivity index (χ3n) is 6.11. The van der Waals surface area contributed by atoms with Crippen LogP contribution in [0.4, 0.5) is 11.8 Å². The highest BCUT2D eigenvalue weighted by atomic mass is 32.1. The number of carbonyl (C=O) groups is 1. The van der Waals surface area contributed by atoms with E-state index >= 15 is 0 Å². The van der Waals surface area contributed by atoms with Gasteiger partial charge in [0.2, 0.25) is 11.9 Å². The maximum absolute atomic E-state index is 12.7. The fourth-order valence-electron chi connectivity index (χ4n) is 4.07. The van der Waals surface area contributed by atoms with Crippen LogP contribution < -0.4 is 9.80 Å². The van der Waals surface area contributed by atoms with Crippen LogP contribution in [0.2, 0.25) is 0 Å². The standard InChI is InChI=1S/C22H32N6OS/c1-17-6-15-30-19(17)4-5-21(29)27-11-13-28(14-12-27)22-23-18(2)16-20(24-22)26-9-7-25(3)8-10-26/h6,15-16H,4-5,7-14H2,1-3H3. The summed E-state index contributed by atoms with van der Waals surface area (Å²) in [5.74, 6) is 2.08. The molecule has 0 radical (unpaired) electrons. The van der Waals surface area contributed by atoms with E-state index in [9.17, 15) is 4.79 Å². The lowest BCUT2D eigenvalue weighted by Crippen LogP contribution is -2.49. The molecule has 2 aliphatic heterocycles. The van der Waals surface area contributed by atoms with E-state index in [1.165, 1.54) is 10.4 Å². The molecule has 1 amide bonds. The summed E-state index contributed by atoms with van der Waals surface area (Å²) in [7, 11) is 2.16. The summed E-state index contributed by atoms with van der Waals surface area (Å²) in [4.78, 5) is 32.5. The molecule has 2 saturated heterocycles. The number of nitrogens with zero attached hydrogens (tertiary/aromatic N) is 6. The lowest BCUT2D eigenvalue weighted by atomic mass is 10.2. The van der Waals surface area contributed by atoms with E-state index in [0.29, 0.717) is 6.42 Å². The Morgan fingerprint density at radius 2 is 1.70 bits per heavy atom. The van der Waals surface area contributed by atoms with Crippen LogP contribution in [0.15, 0.2) is 17.5 Å². The molecule has 0 unspecified atom stereocenters. The first-order valence-corrected chi connectivity index (χ1v) is 11.7. The molecule has 2 fully saturated rings. The minimum Gasteiger partial charge on any atom is -0.354 e. The van der Waals surface area contributed by atoms with Gasteiger partial charge in [0.05, 0.1) is 0 Å². The van der Waals surface area contributed by atoms with Crippen molar-refractivity contribution in [3.63, 3.8) is 0 Å². The fraction of sp³-hybridized carbons (Fsp3) is 0.591. The molecule has 2 aliphatic rings. The maximum Gasteiger partial charge on any atom is 0.227 e. The normalized spacial score (nSPS) is 18.2. The first-order chi connectivity index (χ1) is 14.5. The third-order valence-corrected chi connectivity index (χ3v) is 7.19. The summed E-state index contributed by atoms with van der Waals surface area (Å²) in [6.07, 6.45) is 1.44. The van der Waals surface area contributed by atoms with Gasteiger partial charge in [-0.2, -0.15) is 4.98 Å². The van der Waals surface area contributed by atoms with Gasteiger partial charge in [-0.1, -0.05) is 0 Å². The Morgan fingerprint density at radius 1 is 1.00 bits per heavy atom. The van der Waals surface area contributed by atoms with Crippen molar-refractivity contribution < 1.29 is 4.79 Å². The number of likely N-dealkylation sites (N-methyl/N-ethyl adjacent to an activating group) is 1. The van der Waals surface area contributed by atoms with Crippen molar-refractivity contribution in [2.24, 2.45) is 0 Å². The van der Waals surface area contributed by atoms with Gasteiger partial charge in [-0.25, -0.2) is 4.98 Å². The molecule has 2 aromatic heterocycles. The van der Waals surface area contributed by atoms with Crippen molar-refractivity contribution >= 4 is 29.0 Å². The molecule has 4 rings (SSSR count). The fourth-order valence-corrected chi connectivity index (χ4v) is 4.98. The molecular formula is C22H32N6OS. The minimum absolute atomic E-state index is 0.255. The Hall–Kier alpha value is -2.19. The highest BCUT2D eigenvalue weighted by molar-refractivity contribution is 7.10. The van der Waals surface area contributed by atoms with Crippen LogP contribution in [0.3, 0.4) is 0 Å². The smallest absolute Gasteiger partial charge is 0.227 e. The Bertz CT molecular complexity index is 868. The summed E-state index contributed by atoms with van der Waals surface area (Å²) in [5, 5.41) is 2.10. The average Bonchev–Trinajstić information content (AvgIpc) is 3.17. The number of thiophene rings is 1. The molecule has 162 valence electrons. The molecule has 30 heavy (non-hydrogen) atoms. The maximum atomic E-state index is 12.7. The topological polar surface area (TPSA) is 55.8 Å². The lowest BCUT2D eigenvalue weighted by molar-refractivity contribution is -0.131. The van der Waals surface area contributed by atoms with Crippen molar-refractivity contribution in [1.29, 1.82) is 0 Å². The van der Waals surface area contributed by atoms with E-state index in [4.69, 9.17) is 9.97 Å². The zero-order chi connectivity index (χ0) is 21.1. The van der Waals surface area contributed by atoms with Crippen LogP contribution in [0.1, 0.15) is 22.6 Å². The van der Waals surface area contributed by atoms with Crippen molar-refractivity contribution in [3.05, 3.63) is 33.6 Å². The Morgan fingerprint density at radius 3 is 2.37 bits per heavy atom. The highest BCUT2D eigenvalue weighted by Gasteiger charge is 2.24. The number of aryl methyl sites for hydroxylation is 3. The molecule has 0 aromatic carbocycles. The van der Waals surface area contributed by atoms with E-state index in [1.54, 1.807) is 11.3 Å². The minimum atomic E-state index is 0.255. The van der Waals surface area contributed by atoms with Crippen LogP contribution in [0.5, 0.6) is 0 Å². The predicted octanol–water partition coefficient (Wildman–Crippen LogP) is 2.19. The zero-order valence-corrected chi connectivity index (χ0v) is 19.1. The van der Waals surface area contributed by atoms with Crippen molar-refractivity contribution in [2.75, 3.05) is 69.2 Å². The van der Waals surface area contributed by atoms with E-state index in [1.807, 2.05) is 11.8 Å². The molecule has 8 heteroatoms. The lowest BCUT2D eigenvalue weighted by Gasteiger charge is -2.36. The molecule has 0 aliphatic carbocycles. The first kappa shape index (κ1) is 21.1. The number of carbonyl (C=O) groups excluding carboxylic acids is 1. The van der Waals surface area contributed by atoms with Crippen molar-refractivity contribution in [1.82, 2.24) is 19.8 Å². The number of anilines is 2. The molecule has 0 N–H and O–H groups in total. The van der Waals surface area contributed by atoms with Gasteiger partial charge < -0.3 is 19.6 Å². The Balaban J connectivity index is 1.33. The summed E-state index contributed by atoms with van der Waals surface area (Å²) in [6, 6.07) is 4.21.